The highest BCUT2D eigenvalue weighted by Crippen LogP contribution is 2.29. The van der Waals surface area contributed by atoms with E-state index in [9.17, 15) is 0 Å². The van der Waals surface area contributed by atoms with Gasteiger partial charge in [-0.2, -0.15) is 0 Å². The van der Waals surface area contributed by atoms with Crippen LogP contribution in [-0.2, 0) is 9.47 Å². The van der Waals surface area contributed by atoms with E-state index >= 15 is 0 Å². The number of hydrogen-bond donors (Lipinski definition) is 0. The average molecular weight is 463 g/mol. The van der Waals surface area contributed by atoms with Gasteiger partial charge in [0.2, 0.25) is 0 Å². The molecule has 0 aliphatic carbocycles. The van der Waals surface area contributed by atoms with Crippen LogP contribution in [0.25, 0.3) is 0 Å². The van der Waals surface area contributed by atoms with E-state index in [1.54, 1.807) is 0 Å². The van der Waals surface area contributed by atoms with Crippen LogP contribution in [0.1, 0.15) is 34.5 Å². The molecule has 2 atom stereocenters. The molecular formula is C28H24Cl2O2. The topological polar surface area (TPSA) is 18.5 Å². The molecule has 0 radical (unpaired) electrons. The van der Waals surface area contributed by atoms with E-state index in [1.807, 2.05) is 84.9 Å². The molecule has 0 aliphatic rings. The van der Waals surface area contributed by atoms with Gasteiger partial charge in [0, 0.05) is 10.0 Å². The van der Waals surface area contributed by atoms with Crippen molar-refractivity contribution in [1.82, 2.24) is 0 Å². The van der Waals surface area contributed by atoms with Gasteiger partial charge in [0.1, 0.15) is 12.2 Å². The Hall–Kier alpha value is -2.62. The van der Waals surface area contributed by atoms with Crippen molar-refractivity contribution in [3.05, 3.63) is 141 Å². The normalized spacial score (nSPS) is 12.9. The minimum atomic E-state index is -0.192. The predicted octanol–water partition coefficient (Wildman–Crippen LogP) is 7.91. The van der Waals surface area contributed by atoms with Crippen molar-refractivity contribution in [2.45, 2.75) is 12.2 Å². The molecule has 0 N–H and O–H groups in total. The zero-order valence-corrected chi connectivity index (χ0v) is 19.0. The molecule has 0 bridgehead atoms. The Morgan fingerprint density at radius 2 is 0.750 bits per heavy atom. The summed E-state index contributed by atoms with van der Waals surface area (Å²) in [6, 6.07) is 35.9. The van der Waals surface area contributed by atoms with Crippen LogP contribution in [-0.4, -0.2) is 13.2 Å². The van der Waals surface area contributed by atoms with E-state index in [1.165, 1.54) is 0 Å². The fourth-order valence-corrected chi connectivity index (χ4v) is 3.88. The van der Waals surface area contributed by atoms with Gasteiger partial charge in [0.05, 0.1) is 13.2 Å². The molecule has 0 fully saturated rings. The molecule has 32 heavy (non-hydrogen) atoms. The molecule has 4 rings (SSSR count). The van der Waals surface area contributed by atoms with Crippen molar-refractivity contribution >= 4 is 23.2 Å². The quantitative estimate of drug-likeness (QED) is 0.235. The van der Waals surface area contributed by atoms with E-state index in [0.717, 1.165) is 22.3 Å². The molecule has 162 valence electrons. The molecule has 2 nitrogen and oxygen atoms in total. The zero-order valence-electron chi connectivity index (χ0n) is 17.5. The fourth-order valence-electron chi connectivity index (χ4n) is 3.63. The Bertz CT molecular complexity index is 991. The van der Waals surface area contributed by atoms with E-state index in [-0.39, 0.29) is 12.2 Å². The maximum absolute atomic E-state index is 6.31. The molecule has 0 amide bonds. The molecule has 4 aromatic rings. The van der Waals surface area contributed by atoms with Gasteiger partial charge >= 0.3 is 0 Å². The van der Waals surface area contributed by atoms with E-state index < -0.39 is 0 Å². The van der Waals surface area contributed by atoms with Crippen molar-refractivity contribution in [1.29, 1.82) is 0 Å². The van der Waals surface area contributed by atoms with Gasteiger partial charge in [-0.1, -0.05) is 108 Å². The first-order valence-corrected chi connectivity index (χ1v) is 11.3. The lowest BCUT2D eigenvalue weighted by molar-refractivity contribution is -0.000903. The monoisotopic (exact) mass is 462 g/mol. The van der Waals surface area contributed by atoms with Crippen LogP contribution in [0.5, 0.6) is 0 Å². The SMILES string of the molecule is Clc1ccc(C(OCCOC(c2ccccc2)c2ccc(Cl)cc2)c2ccccc2)cc1. The molecular weight excluding hydrogens is 439 g/mol. The lowest BCUT2D eigenvalue weighted by Crippen LogP contribution is -2.14. The predicted molar refractivity (Wildman–Crippen MR) is 131 cm³/mol. The van der Waals surface area contributed by atoms with Crippen LogP contribution < -0.4 is 0 Å². The Kier molecular flexibility index (Phi) is 7.97. The highest BCUT2D eigenvalue weighted by atomic mass is 35.5. The molecule has 4 heteroatoms. The molecule has 0 aromatic heterocycles. The van der Waals surface area contributed by atoms with Crippen LogP contribution in [0.3, 0.4) is 0 Å². The summed E-state index contributed by atoms with van der Waals surface area (Å²) in [5.74, 6) is 0. The molecule has 0 saturated heterocycles. The van der Waals surface area contributed by atoms with Gasteiger partial charge in [-0.15, -0.1) is 0 Å². The lowest BCUT2D eigenvalue weighted by atomic mass is 10.0. The van der Waals surface area contributed by atoms with Gasteiger partial charge in [0.15, 0.2) is 0 Å². The number of rotatable bonds is 9. The van der Waals surface area contributed by atoms with E-state index in [0.29, 0.717) is 23.3 Å². The number of halogens is 2. The summed E-state index contributed by atoms with van der Waals surface area (Å²) in [7, 11) is 0. The van der Waals surface area contributed by atoms with Crippen molar-refractivity contribution in [2.75, 3.05) is 13.2 Å². The van der Waals surface area contributed by atoms with Crippen molar-refractivity contribution in [3.8, 4) is 0 Å². The highest BCUT2D eigenvalue weighted by Gasteiger charge is 2.17. The second-order valence-corrected chi connectivity index (χ2v) is 8.30. The lowest BCUT2D eigenvalue weighted by Gasteiger charge is -2.22. The fraction of sp³-hybridized carbons (Fsp3) is 0.143. The number of benzene rings is 4. The number of ether oxygens (including phenoxy) is 2. The second-order valence-electron chi connectivity index (χ2n) is 7.43. The summed E-state index contributed by atoms with van der Waals surface area (Å²) < 4.78 is 12.6. The first-order valence-electron chi connectivity index (χ1n) is 10.5. The third-order valence-corrected chi connectivity index (χ3v) is 5.71. The Morgan fingerprint density at radius 1 is 0.438 bits per heavy atom. The summed E-state index contributed by atoms with van der Waals surface area (Å²) in [4.78, 5) is 0. The maximum atomic E-state index is 6.31. The summed E-state index contributed by atoms with van der Waals surface area (Å²) in [6.45, 7) is 0.887. The summed E-state index contributed by atoms with van der Waals surface area (Å²) in [5.41, 5.74) is 4.29. The third kappa shape index (κ3) is 5.99. The van der Waals surface area contributed by atoms with E-state index in [4.69, 9.17) is 32.7 Å². The van der Waals surface area contributed by atoms with Gasteiger partial charge in [-0.25, -0.2) is 0 Å². The smallest absolute Gasteiger partial charge is 0.108 e. The minimum absolute atomic E-state index is 0.192. The maximum Gasteiger partial charge on any atom is 0.108 e. The molecule has 4 aromatic carbocycles. The van der Waals surface area contributed by atoms with Gasteiger partial charge < -0.3 is 9.47 Å². The van der Waals surface area contributed by atoms with Gasteiger partial charge in [0.25, 0.3) is 0 Å². The van der Waals surface area contributed by atoms with Gasteiger partial charge in [-0.3, -0.25) is 0 Å². The van der Waals surface area contributed by atoms with Crippen molar-refractivity contribution in [2.24, 2.45) is 0 Å². The standard InChI is InChI=1S/C28H24Cl2O2/c29-25-15-11-23(12-16-25)27(21-7-3-1-4-8-21)31-19-20-32-28(22-9-5-2-6-10-22)24-13-17-26(30)18-14-24/h1-18,27-28H,19-20H2. The van der Waals surface area contributed by atoms with E-state index in [2.05, 4.69) is 24.3 Å². The summed E-state index contributed by atoms with van der Waals surface area (Å²) >= 11 is 12.2. The molecule has 0 saturated carbocycles. The minimum Gasteiger partial charge on any atom is -0.366 e. The molecule has 0 heterocycles. The Labute approximate surface area is 199 Å². The van der Waals surface area contributed by atoms with Crippen LogP contribution in [0.2, 0.25) is 10.0 Å². The molecule has 0 spiro atoms. The first-order chi connectivity index (χ1) is 15.7. The summed E-state index contributed by atoms with van der Waals surface area (Å²) in [5, 5.41) is 1.41. The Balaban J connectivity index is 1.46. The number of hydrogen-bond acceptors (Lipinski definition) is 2. The van der Waals surface area contributed by atoms with Crippen LogP contribution >= 0.6 is 23.2 Å². The zero-order chi connectivity index (χ0) is 22.2. The van der Waals surface area contributed by atoms with Crippen LogP contribution in [0.15, 0.2) is 109 Å². The highest BCUT2D eigenvalue weighted by molar-refractivity contribution is 6.30. The van der Waals surface area contributed by atoms with Crippen molar-refractivity contribution in [3.63, 3.8) is 0 Å². The van der Waals surface area contributed by atoms with Crippen LogP contribution in [0, 0.1) is 0 Å². The summed E-state index contributed by atoms with van der Waals surface area (Å²) in [6.07, 6.45) is -0.384. The Morgan fingerprint density at radius 3 is 1.09 bits per heavy atom. The molecule has 0 aliphatic heterocycles. The first kappa shape index (κ1) is 22.6. The van der Waals surface area contributed by atoms with Crippen molar-refractivity contribution < 1.29 is 9.47 Å². The largest absolute Gasteiger partial charge is 0.366 e. The van der Waals surface area contributed by atoms with Crippen LogP contribution in [0.4, 0.5) is 0 Å². The molecule has 2 unspecified atom stereocenters. The second kappa shape index (κ2) is 11.3. The van der Waals surface area contributed by atoms with Gasteiger partial charge in [-0.05, 0) is 46.5 Å². The third-order valence-electron chi connectivity index (χ3n) is 5.20. The average Bonchev–Trinajstić information content (AvgIpc) is 2.84.